The van der Waals surface area contributed by atoms with Crippen LogP contribution in [-0.4, -0.2) is 38.7 Å². The van der Waals surface area contributed by atoms with Crippen molar-refractivity contribution < 1.29 is 28.5 Å². The summed E-state index contributed by atoms with van der Waals surface area (Å²) in [6.07, 6.45) is 0.578. The van der Waals surface area contributed by atoms with E-state index in [1.165, 1.54) is 7.11 Å². The predicted octanol–water partition coefficient (Wildman–Crippen LogP) is 1.96. The zero-order chi connectivity index (χ0) is 21.3. The van der Waals surface area contributed by atoms with E-state index in [4.69, 9.17) is 24.2 Å². The molecular formula is C21H21N3O6. The van der Waals surface area contributed by atoms with Gasteiger partial charge in [0, 0.05) is 18.1 Å². The van der Waals surface area contributed by atoms with Crippen LogP contribution in [0.5, 0.6) is 23.0 Å². The number of rotatable bonds is 7. The fourth-order valence-corrected chi connectivity index (χ4v) is 2.72. The lowest BCUT2D eigenvalue weighted by molar-refractivity contribution is -0.122. The van der Waals surface area contributed by atoms with Gasteiger partial charge in [-0.15, -0.1) is 0 Å². The first-order chi connectivity index (χ1) is 14.6. The third-order valence-corrected chi connectivity index (χ3v) is 4.22. The molecule has 2 aromatic carbocycles. The van der Waals surface area contributed by atoms with Crippen molar-refractivity contribution in [3.8, 4) is 29.1 Å². The molecule has 9 heteroatoms. The summed E-state index contributed by atoms with van der Waals surface area (Å²) in [4.78, 5) is 24.1. The number of fused-ring (bicyclic) bond motifs is 1. The van der Waals surface area contributed by atoms with E-state index in [2.05, 4.69) is 10.9 Å². The van der Waals surface area contributed by atoms with Gasteiger partial charge in [-0.25, -0.2) is 0 Å². The fraction of sp³-hybridized carbons (Fsp3) is 0.286. The van der Waals surface area contributed by atoms with Crippen LogP contribution in [0.1, 0.15) is 28.8 Å². The number of nitriles is 1. The fourth-order valence-electron chi connectivity index (χ4n) is 2.72. The van der Waals surface area contributed by atoms with Crippen LogP contribution >= 0.6 is 0 Å². The summed E-state index contributed by atoms with van der Waals surface area (Å²) in [7, 11) is 1.49. The lowest BCUT2D eigenvalue weighted by Gasteiger charge is -2.18. The smallest absolute Gasteiger partial charge is 0.269 e. The molecule has 1 aliphatic heterocycles. The summed E-state index contributed by atoms with van der Waals surface area (Å²) < 4.78 is 21.6. The second kappa shape index (κ2) is 10.0. The Balaban J connectivity index is 1.40. The molecule has 0 unspecified atom stereocenters. The normalized spacial score (nSPS) is 11.7. The molecule has 0 fully saturated rings. The minimum atomic E-state index is -0.459. The van der Waals surface area contributed by atoms with Crippen LogP contribution < -0.4 is 29.8 Å². The molecular weight excluding hydrogens is 390 g/mol. The summed E-state index contributed by atoms with van der Waals surface area (Å²) in [5.41, 5.74) is 5.55. The van der Waals surface area contributed by atoms with Gasteiger partial charge in [-0.05, 0) is 36.8 Å². The molecule has 0 aromatic heterocycles. The number of ether oxygens (including phenoxy) is 4. The average Bonchev–Trinajstić information content (AvgIpc) is 2.79. The van der Waals surface area contributed by atoms with Gasteiger partial charge in [0.2, 0.25) is 5.91 Å². The molecule has 2 N–H and O–H groups in total. The summed E-state index contributed by atoms with van der Waals surface area (Å²) >= 11 is 0. The van der Waals surface area contributed by atoms with Crippen molar-refractivity contribution in [3.05, 3.63) is 47.5 Å². The Bertz CT molecular complexity index is 970. The van der Waals surface area contributed by atoms with Crippen molar-refractivity contribution in [2.45, 2.75) is 12.8 Å². The summed E-state index contributed by atoms with van der Waals surface area (Å²) in [5, 5.41) is 8.91. The van der Waals surface area contributed by atoms with Crippen LogP contribution in [0.3, 0.4) is 0 Å². The third-order valence-electron chi connectivity index (χ3n) is 4.22. The molecule has 1 heterocycles. The number of hydrogen-bond donors (Lipinski definition) is 2. The maximum atomic E-state index is 12.2. The zero-order valence-corrected chi connectivity index (χ0v) is 16.4. The summed E-state index contributed by atoms with van der Waals surface area (Å²) in [5.74, 6) is 1.21. The van der Waals surface area contributed by atoms with Crippen LogP contribution in [0.4, 0.5) is 0 Å². The molecule has 0 spiro atoms. The highest BCUT2D eigenvalue weighted by Crippen LogP contribution is 2.30. The van der Waals surface area contributed by atoms with Gasteiger partial charge in [0.1, 0.15) is 13.2 Å². The minimum absolute atomic E-state index is 0.153. The molecule has 9 nitrogen and oxygen atoms in total. The van der Waals surface area contributed by atoms with Gasteiger partial charge in [-0.2, -0.15) is 5.26 Å². The van der Waals surface area contributed by atoms with Gasteiger partial charge < -0.3 is 18.9 Å². The van der Waals surface area contributed by atoms with Gasteiger partial charge in [0.05, 0.1) is 25.3 Å². The van der Waals surface area contributed by atoms with Crippen molar-refractivity contribution in [2.24, 2.45) is 0 Å². The van der Waals surface area contributed by atoms with Crippen LogP contribution in [0.25, 0.3) is 0 Å². The number of amides is 2. The van der Waals surface area contributed by atoms with E-state index in [9.17, 15) is 9.59 Å². The molecule has 3 rings (SSSR count). The largest absolute Gasteiger partial charge is 0.493 e. The van der Waals surface area contributed by atoms with Crippen molar-refractivity contribution in [1.82, 2.24) is 10.9 Å². The predicted molar refractivity (Wildman–Crippen MR) is 105 cm³/mol. The Hall–Kier alpha value is -3.93. The number of nitrogens with one attached hydrogen (secondary N) is 2. The molecule has 0 aliphatic carbocycles. The highest BCUT2D eigenvalue weighted by atomic mass is 16.6. The van der Waals surface area contributed by atoms with Gasteiger partial charge in [0.15, 0.2) is 23.0 Å². The topological polar surface area (TPSA) is 119 Å². The van der Waals surface area contributed by atoms with Crippen LogP contribution in [-0.2, 0) is 4.79 Å². The molecule has 0 saturated heterocycles. The first kappa shape index (κ1) is 20.8. The number of methoxy groups -OCH3 is 1. The van der Waals surface area contributed by atoms with E-state index in [0.29, 0.717) is 53.8 Å². The van der Waals surface area contributed by atoms with E-state index in [1.54, 1.807) is 36.4 Å². The van der Waals surface area contributed by atoms with E-state index in [0.717, 1.165) is 0 Å². The van der Waals surface area contributed by atoms with Gasteiger partial charge >= 0.3 is 0 Å². The number of hydrogen-bond acceptors (Lipinski definition) is 7. The molecule has 30 heavy (non-hydrogen) atoms. The molecule has 0 atom stereocenters. The van der Waals surface area contributed by atoms with Gasteiger partial charge in [-0.3, -0.25) is 20.4 Å². The molecule has 0 bridgehead atoms. The highest BCUT2D eigenvalue weighted by molar-refractivity contribution is 5.96. The molecule has 0 saturated carbocycles. The molecule has 2 aromatic rings. The maximum Gasteiger partial charge on any atom is 0.269 e. The monoisotopic (exact) mass is 411 g/mol. The molecule has 156 valence electrons. The lowest BCUT2D eigenvalue weighted by atomic mass is 10.2. The average molecular weight is 411 g/mol. The zero-order valence-electron chi connectivity index (χ0n) is 16.4. The van der Waals surface area contributed by atoms with Gasteiger partial charge in [0.25, 0.3) is 5.91 Å². The quantitative estimate of drug-likeness (QED) is 0.528. The summed E-state index contributed by atoms with van der Waals surface area (Å²) in [6, 6.07) is 11.7. The van der Waals surface area contributed by atoms with Crippen molar-refractivity contribution in [2.75, 3.05) is 26.9 Å². The van der Waals surface area contributed by atoms with Crippen molar-refractivity contribution in [3.63, 3.8) is 0 Å². The molecule has 0 radical (unpaired) electrons. The van der Waals surface area contributed by atoms with Crippen LogP contribution in [0.2, 0.25) is 0 Å². The standard InChI is InChI=1S/C21H21N3O6/c1-27-18-11-14(13-22)4-6-16(18)28-8-2-3-20(25)23-24-21(26)15-5-7-17-19(12-15)30-10-9-29-17/h4-7,11-12H,2-3,8-10H2,1H3,(H,23,25)(H,24,26). The SMILES string of the molecule is COc1cc(C#N)ccc1OCCCC(=O)NNC(=O)c1ccc2c(c1)OCCO2. The van der Waals surface area contributed by atoms with Gasteiger partial charge in [-0.1, -0.05) is 0 Å². The number of nitrogens with zero attached hydrogens (tertiary/aromatic N) is 1. The number of benzene rings is 2. The second-order valence-electron chi connectivity index (χ2n) is 6.29. The Kier molecular flexibility index (Phi) is 6.95. The van der Waals surface area contributed by atoms with Crippen molar-refractivity contribution in [1.29, 1.82) is 5.26 Å². The van der Waals surface area contributed by atoms with E-state index in [-0.39, 0.29) is 18.9 Å². The summed E-state index contributed by atoms with van der Waals surface area (Å²) in [6.45, 7) is 1.16. The number of hydrazine groups is 1. The minimum Gasteiger partial charge on any atom is -0.493 e. The first-order valence-corrected chi connectivity index (χ1v) is 9.30. The second-order valence-corrected chi connectivity index (χ2v) is 6.29. The maximum absolute atomic E-state index is 12.2. The highest BCUT2D eigenvalue weighted by Gasteiger charge is 2.15. The van der Waals surface area contributed by atoms with E-state index in [1.807, 2.05) is 6.07 Å². The number of carbonyl (C=O) groups is 2. The molecule has 2 amide bonds. The van der Waals surface area contributed by atoms with Crippen molar-refractivity contribution >= 4 is 11.8 Å². The Morgan fingerprint density at radius 1 is 1.07 bits per heavy atom. The Morgan fingerprint density at radius 3 is 2.63 bits per heavy atom. The first-order valence-electron chi connectivity index (χ1n) is 9.30. The molecule has 1 aliphatic rings. The van der Waals surface area contributed by atoms with E-state index < -0.39 is 5.91 Å². The Labute approximate surface area is 173 Å². The third kappa shape index (κ3) is 5.32. The Morgan fingerprint density at radius 2 is 1.87 bits per heavy atom. The van der Waals surface area contributed by atoms with E-state index >= 15 is 0 Å². The van der Waals surface area contributed by atoms with Crippen LogP contribution in [0.15, 0.2) is 36.4 Å². The lowest BCUT2D eigenvalue weighted by Crippen LogP contribution is -2.41. The van der Waals surface area contributed by atoms with Crippen LogP contribution in [0, 0.1) is 11.3 Å². The number of carbonyl (C=O) groups excluding carboxylic acids is 2.